The first-order valence-electron chi connectivity index (χ1n) is 5.91. The molecule has 1 N–H and O–H groups in total. The van der Waals surface area contributed by atoms with Gasteiger partial charge in [-0.05, 0) is 19.1 Å². The maximum Gasteiger partial charge on any atom is 0.306 e. The van der Waals surface area contributed by atoms with E-state index in [4.69, 9.17) is 4.74 Å². The zero-order chi connectivity index (χ0) is 13.1. The van der Waals surface area contributed by atoms with Gasteiger partial charge in [0.1, 0.15) is 11.6 Å². The van der Waals surface area contributed by atoms with Crippen molar-refractivity contribution in [2.75, 3.05) is 6.61 Å². The molecule has 0 saturated carbocycles. The summed E-state index contributed by atoms with van der Waals surface area (Å²) in [4.78, 5) is 15.7. The summed E-state index contributed by atoms with van der Waals surface area (Å²) in [6.07, 6.45) is 0.849. The van der Waals surface area contributed by atoms with Crippen molar-refractivity contribution in [2.24, 2.45) is 7.05 Å². The Bertz CT molecular complexity index is 575. The Morgan fingerprint density at radius 3 is 3.00 bits per heavy atom. The number of ether oxygens (including phenoxy) is 1. The molecular formula is C13H16N2O3. The van der Waals surface area contributed by atoms with Crippen LogP contribution in [0.4, 0.5) is 0 Å². The summed E-state index contributed by atoms with van der Waals surface area (Å²) in [6.45, 7) is 2.19. The third-order valence-electron chi connectivity index (χ3n) is 2.82. The maximum atomic E-state index is 11.3. The number of hydrogen-bond acceptors (Lipinski definition) is 4. The Morgan fingerprint density at radius 2 is 2.28 bits per heavy atom. The molecule has 0 saturated heterocycles. The number of aromatic nitrogens is 2. The Balaban J connectivity index is 2.19. The first-order chi connectivity index (χ1) is 8.61. The number of aromatic hydroxyl groups is 1. The zero-order valence-corrected chi connectivity index (χ0v) is 10.5. The predicted octanol–water partition coefficient (Wildman–Crippen LogP) is 1.77. The normalized spacial score (nSPS) is 10.8. The van der Waals surface area contributed by atoms with Gasteiger partial charge in [0, 0.05) is 19.5 Å². The highest BCUT2D eigenvalue weighted by Gasteiger charge is 2.10. The minimum Gasteiger partial charge on any atom is -0.508 e. The SMILES string of the molecule is CCOC(=O)CCc1nc2ccc(O)cc2n1C. The molecule has 0 aliphatic rings. The Morgan fingerprint density at radius 1 is 1.50 bits per heavy atom. The monoisotopic (exact) mass is 248 g/mol. The summed E-state index contributed by atoms with van der Waals surface area (Å²) < 4.78 is 6.76. The van der Waals surface area contributed by atoms with Gasteiger partial charge in [-0.3, -0.25) is 4.79 Å². The number of rotatable bonds is 4. The number of nitrogens with zero attached hydrogens (tertiary/aromatic N) is 2. The molecule has 0 aliphatic carbocycles. The fourth-order valence-electron chi connectivity index (χ4n) is 1.90. The molecule has 0 unspecified atom stereocenters. The molecule has 2 aromatic rings. The van der Waals surface area contributed by atoms with E-state index >= 15 is 0 Å². The average Bonchev–Trinajstić information content (AvgIpc) is 2.64. The van der Waals surface area contributed by atoms with Crippen molar-refractivity contribution in [1.82, 2.24) is 9.55 Å². The highest BCUT2D eigenvalue weighted by Crippen LogP contribution is 2.20. The van der Waals surface area contributed by atoms with Gasteiger partial charge in [-0.15, -0.1) is 0 Å². The average molecular weight is 248 g/mol. The summed E-state index contributed by atoms with van der Waals surface area (Å²) in [5.74, 6) is 0.804. The van der Waals surface area contributed by atoms with Crippen LogP contribution in [-0.4, -0.2) is 27.2 Å². The largest absolute Gasteiger partial charge is 0.508 e. The molecule has 0 atom stereocenters. The number of imidazole rings is 1. The molecule has 0 aliphatic heterocycles. The topological polar surface area (TPSA) is 64.3 Å². The lowest BCUT2D eigenvalue weighted by Crippen LogP contribution is -2.07. The molecule has 18 heavy (non-hydrogen) atoms. The molecule has 0 amide bonds. The maximum absolute atomic E-state index is 11.3. The van der Waals surface area contributed by atoms with E-state index in [0.29, 0.717) is 19.4 Å². The van der Waals surface area contributed by atoms with Crippen molar-refractivity contribution < 1.29 is 14.6 Å². The van der Waals surface area contributed by atoms with E-state index in [1.54, 1.807) is 25.1 Å². The zero-order valence-electron chi connectivity index (χ0n) is 10.5. The number of phenolic OH excluding ortho intramolecular Hbond substituents is 1. The third kappa shape index (κ3) is 2.45. The van der Waals surface area contributed by atoms with Gasteiger partial charge in [-0.2, -0.15) is 0 Å². The minimum atomic E-state index is -0.215. The molecule has 0 spiro atoms. The van der Waals surface area contributed by atoms with Gasteiger partial charge < -0.3 is 14.4 Å². The lowest BCUT2D eigenvalue weighted by Gasteiger charge is -2.02. The van der Waals surface area contributed by atoms with Crippen LogP contribution in [0.25, 0.3) is 11.0 Å². The lowest BCUT2D eigenvalue weighted by molar-refractivity contribution is -0.143. The fraction of sp³-hybridized carbons (Fsp3) is 0.385. The van der Waals surface area contributed by atoms with Crippen LogP contribution in [-0.2, 0) is 23.0 Å². The molecule has 96 valence electrons. The highest BCUT2D eigenvalue weighted by atomic mass is 16.5. The minimum absolute atomic E-state index is 0.211. The van der Waals surface area contributed by atoms with Crippen LogP contribution in [0.1, 0.15) is 19.2 Å². The summed E-state index contributed by atoms with van der Waals surface area (Å²) in [5, 5.41) is 9.44. The highest BCUT2D eigenvalue weighted by molar-refractivity contribution is 5.78. The number of benzene rings is 1. The molecule has 5 heteroatoms. The van der Waals surface area contributed by atoms with Crippen molar-refractivity contribution in [2.45, 2.75) is 19.8 Å². The van der Waals surface area contributed by atoms with Gasteiger partial charge in [0.15, 0.2) is 0 Å². The number of carbonyl (C=O) groups excluding carboxylic acids is 1. The number of aryl methyl sites for hydroxylation is 2. The molecule has 1 aromatic carbocycles. The first-order valence-corrected chi connectivity index (χ1v) is 5.91. The van der Waals surface area contributed by atoms with Gasteiger partial charge in [0.05, 0.1) is 24.1 Å². The van der Waals surface area contributed by atoms with E-state index in [0.717, 1.165) is 16.9 Å². The fourth-order valence-corrected chi connectivity index (χ4v) is 1.90. The molecule has 5 nitrogen and oxygen atoms in total. The molecule has 0 radical (unpaired) electrons. The van der Waals surface area contributed by atoms with Crippen molar-refractivity contribution in [3.8, 4) is 5.75 Å². The molecule has 0 bridgehead atoms. The van der Waals surface area contributed by atoms with E-state index in [9.17, 15) is 9.90 Å². The quantitative estimate of drug-likeness (QED) is 0.837. The van der Waals surface area contributed by atoms with Gasteiger partial charge in [0.25, 0.3) is 0 Å². The van der Waals surface area contributed by atoms with Crippen LogP contribution in [0.3, 0.4) is 0 Å². The predicted molar refractivity (Wildman–Crippen MR) is 67.3 cm³/mol. The number of carbonyl (C=O) groups is 1. The molecule has 2 rings (SSSR count). The van der Waals surface area contributed by atoms with E-state index in [1.165, 1.54) is 0 Å². The second-order valence-corrected chi connectivity index (χ2v) is 4.07. The lowest BCUT2D eigenvalue weighted by atomic mass is 10.3. The molecule has 1 aromatic heterocycles. The Hall–Kier alpha value is -2.04. The third-order valence-corrected chi connectivity index (χ3v) is 2.82. The standard InChI is InChI=1S/C13H16N2O3/c1-3-18-13(17)7-6-12-14-10-5-4-9(16)8-11(10)15(12)2/h4-5,8,16H,3,6-7H2,1-2H3. The van der Waals surface area contributed by atoms with Crippen LogP contribution in [0.5, 0.6) is 5.75 Å². The number of hydrogen-bond donors (Lipinski definition) is 1. The van der Waals surface area contributed by atoms with Gasteiger partial charge in [0.2, 0.25) is 0 Å². The van der Waals surface area contributed by atoms with Crippen LogP contribution in [0.2, 0.25) is 0 Å². The van der Waals surface area contributed by atoms with E-state index < -0.39 is 0 Å². The molecule has 1 heterocycles. The van der Waals surface area contributed by atoms with Gasteiger partial charge >= 0.3 is 5.97 Å². The van der Waals surface area contributed by atoms with Crippen molar-refractivity contribution >= 4 is 17.0 Å². The van der Waals surface area contributed by atoms with Gasteiger partial charge in [-0.25, -0.2) is 4.98 Å². The Kier molecular flexibility index (Phi) is 3.50. The van der Waals surface area contributed by atoms with Crippen molar-refractivity contribution in [1.29, 1.82) is 0 Å². The summed E-state index contributed by atoms with van der Waals surface area (Å²) in [5.41, 5.74) is 1.67. The summed E-state index contributed by atoms with van der Waals surface area (Å²) in [6, 6.07) is 5.03. The number of esters is 1. The molecule has 0 fully saturated rings. The second-order valence-electron chi connectivity index (χ2n) is 4.07. The van der Waals surface area contributed by atoms with E-state index in [1.807, 2.05) is 11.6 Å². The molecular weight excluding hydrogens is 232 g/mol. The summed E-state index contributed by atoms with van der Waals surface area (Å²) in [7, 11) is 1.87. The van der Waals surface area contributed by atoms with E-state index in [2.05, 4.69) is 4.98 Å². The van der Waals surface area contributed by atoms with Crippen molar-refractivity contribution in [3.05, 3.63) is 24.0 Å². The second kappa shape index (κ2) is 5.08. The van der Waals surface area contributed by atoms with Crippen LogP contribution in [0.15, 0.2) is 18.2 Å². The smallest absolute Gasteiger partial charge is 0.306 e. The van der Waals surface area contributed by atoms with E-state index in [-0.39, 0.29) is 11.7 Å². The van der Waals surface area contributed by atoms with Crippen LogP contribution >= 0.6 is 0 Å². The number of fused-ring (bicyclic) bond motifs is 1. The van der Waals surface area contributed by atoms with Crippen LogP contribution < -0.4 is 0 Å². The Labute approximate surface area is 105 Å². The summed E-state index contributed by atoms with van der Waals surface area (Å²) >= 11 is 0. The number of phenols is 1. The van der Waals surface area contributed by atoms with Gasteiger partial charge in [-0.1, -0.05) is 0 Å². The first kappa shape index (κ1) is 12.4. The van der Waals surface area contributed by atoms with Crippen LogP contribution in [0, 0.1) is 0 Å². The van der Waals surface area contributed by atoms with Crippen molar-refractivity contribution in [3.63, 3.8) is 0 Å².